The number of hydrogen-bond donors (Lipinski definition) is 1. The van der Waals surface area contributed by atoms with Crippen molar-refractivity contribution in [2.45, 2.75) is 45.4 Å². The average Bonchev–Trinajstić information content (AvgIpc) is 2.82. The summed E-state index contributed by atoms with van der Waals surface area (Å²) in [5, 5.41) is 7.47. The lowest BCUT2D eigenvalue weighted by molar-refractivity contribution is -0.120. The first kappa shape index (κ1) is 13.4. The Bertz CT molecular complexity index is 562. The van der Waals surface area contributed by atoms with Gasteiger partial charge >= 0.3 is 0 Å². The standard InChI is InChI=1S/C16H21N3OS/c1-9-17-14(8-21-9)7-15(20)18-19-16-12-3-10-2-11(5-12)6-13(16)4-10/h8,10-13H,2-7H2,1H3,(H,18,20). The molecule has 1 aromatic rings. The van der Waals surface area contributed by atoms with Crippen LogP contribution >= 0.6 is 11.3 Å². The topological polar surface area (TPSA) is 54.4 Å². The summed E-state index contributed by atoms with van der Waals surface area (Å²) < 4.78 is 0. The van der Waals surface area contributed by atoms with E-state index in [1.165, 1.54) is 37.8 Å². The average molecular weight is 303 g/mol. The molecule has 1 N–H and O–H groups in total. The summed E-state index contributed by atoms with van der Waals surface area (Å²) in [5.41, 5.74) is 4.91. The van der Waals surface area contributed by atoms with Crippen molar-refractivity contribution in [2.75, 3.05) is 0 Å². The molecule has 21 heavy (non-hydrogen) atoms. The molecule has 0 radical (unpaired) electrons. The summed E-state index contributed by atoms with van der Waals surface area (Å²) in [6.07, 6.45) is 6.97. The van der Waals surface area contributed by atoms with Crippen molar-refractivity contribution in [1.82, 2.24) is 10.4 Å². The Balaban J connectivity index is 1.40. The predicted molar refractivity (Wildman–Crippen MR) is 83.2 cm³/mol. The van der Waals surface area contributed by atoms with Crippen molar-refractivity contribution < 1.29 is 4.79 Å². The second kappa shape index (κ2) is 5.20. The fraction of sp³-hybridized carbons (Fsp3) is 0.688. The summed E-state index contributed by atoms with van der Waals surface area (Å²) >= 11 is 1.58. The molecule has 1 aromatic heterocycles. The molecule has 0 spiro atoms. The van der Waals surface area contributed by atoms with Crippen LogP contribution in [0.3, 0.4) is 0 Å². The molecule has 5 rings (SSSR count). The molecule has 0 unspecified atom stereocenters. The molecule has 4 bridgehead atoms. The second-order valence-corrected chi connectivity index (χ2v) is 7.97. The number of rotatable bonds is 3. The quantitative estimate of drug-likeness (QED) is 0.873. The van der Waals surface area contributed by atoms with Crippen molar-refractivity contribution >= 4 is 23.0 Å². The Labute approximate surface area is 129 Å². The van der Waals surface area contributed by atoms with Gasteiger partial charge in [0, 0.05) is 11.1 Å². The monoisotopic (exact) mass is 303 g/mol. The van der Waals surface area contributed by atoms with E-state index in [-0.39, 0.29) is 5.91 Å². The maximum absolute atomic E-state index is 12.0. The third kappa shape index (κ3) is 2.63. The second-order valence-electron chi connectivity index (χ2n) is 6.91. The van der Waals surface area contributed by atoms with Gasteiger partial charge in [0.25, 0.3) is 0 Å². The lowest BCUT2D eigenvalue weighted by Crippen LogP contribution is -2.46. The number of aromatic nitrogens is 1. The summed E-state index contributed by atoms with van der Waals surface area (Å²) in [4.78, 5) is 16.3. The maximum atomic E-state index is 12.0. The van der Waals surface area contributed by atoms with E-state index >= 15 is 0 Å². The van der Waals surface area contributed by atoms with E-state index in [2.05, 4.69) is 15.5 Å². The molecule has 1 amide bonds. The van der Waals surface area contributed by atoms with Crippen LogP contribution in [-0.2, 0) is 11.2 Å². The van der Waals surface area contributed by atoms with Crippen LogP contribution in [0.4, 0.5) is 0 Å². The van der Waals surface area contributed by atoms with Gasteiger partial charge in [-0.2, -0.15) is 5.10 Å². The molecule has 4 fully saturated rings. The number of hydrazone groups is 1. The summed E-state index contributed by atoms with van der Waals surface area (Å²) in [7, 11) is 0. The van der Waals surface area contributed by atoms with Crippen LogP contribution in [0.1, 0.15) is 42.8 Å². The highest BCUT2D eigenvalue weighted by Gasteiger charge is 2.46. The molecule has 0 aliphatic heterocycles. The molecular weight excluding hydrogens is 282 g/mol. The van der Waals surface area contributed by atoms with Crippen LogP contribution in [0.15, 0.2) is 10.5 Å². The molecule has 112 valence electrons. The Morgan fingerprint density at radius 3 is 2.52 bits per heavy atom. The van der Waals surface area contributed by atoms with Gasteiger partial charge in [-0.3, -0.25) is 4.79 Å². The molecule has 4 aliphatic carbocycles. The SMILES string of the molecule is Cc1nc(CC(=O)NN=C2C3CC4CC(C3)CC2C4)cs1. The van der Waals surface area contributed by atoms with Crippen molar-refractivity contribution in [3.05, 3.63) is 16.1 Å². The van der Waals surface area contributed by atoms with Crippen LogP contribution < -0.4 is 5.43 Å². The molecule has 4 nitrogen and oxygen atoms in total. The third-order valence-electron chi connectivity index (χ3n) is 5.29. The van der Waals surface area contributed by atoms with Gasteiger partial charge in [0.1, 0.15) is 0 Å². The lowest BCUT2D eigenvalue weighted by atomic mass is 9.55. The van der Waals surface area contributed by atoms with Crippen LogP contribution in [0.2, 0.25) is 0 Å². The van der Waals surface area contributed by atoms with E-state index in [4.69, 9.17) is 0 Å². The summed E-state index contributed by atoms with van der Waals surface area (Å²) in [5.74, 6) is 3.10. The number of thiazole rings is 1. The third-order valence-corrected chi connectivity index (χ3v) is 6.11. The number of nitrogens with one attached hydrogen (secondary N) is 1. The van der Waals surface area contributed by atoms with E-state index in [1.54, 1.807) is 11.3 Å². The number of carbonyl (C=O) groups is 1. The van der Waals surface area contributed by atoms with Gasteiger partial charge in [-0.25, -0.2) is 10.4 Å². The largest absolute Gasteiger partial charge is 0.273 e. The van der Waals surface area contributed by atoms with Crippen molar-refractivity contribution in [3.63, 3.8) is 0 Å². The highest BCUT2D eigenvalue weighted by Crippen LogP contribution is 2.52. The first-order valence-electron chi connectivity index (χ1n) is 7.94. The van der Waals surface area contributed by atoms with Crippen LogP contribution in [-0.4, -0.2) is 16.6 Å². The van der Waals surface area contributed by atoms with Crippen LogP contribution in [0, 0.1) is 30.6 Å². The highest BCUT2D eigenvalue weighted by atomic mass is 32.1. The van der Waals surface area contributed by atoms with Crippen molar-refractivity contribution in [3.8, 4) is 0 Å². The minimum Gasteiger partial charge on any atom is -0.273 e. The van der Waals surface area contributed by atoms with Gasteiger partial charge in [0.05, 0.1) is 17.1 Å². The van der Waals surface area contributed by atoms with Crippen LogP contribution in [0.5, 0.6) is 0 Å². The Kier molecular flexibility index (Phi) is 3.32. The summed E-state index contributed by atoms with van der Waals surface area (Å²) in [6.45, 7) is 1.96. The normalized spacial score (nSPS) is 33.3. The van der Waals surface area contributed by atoms with Gasteiger partial charge in [0.2, 0.25) is 5.91 Å². The molecular formula is C16H21N3OS. The number of aryl methyl sites for hydroxylation is 1. The Morgan fingerprint density at radius 1 is 1.29 bits per heavy atom. The molecule has 4 saturated carbocycles. The molecule has 0 aromatic carbocycles. The molecule has 0 saturated heterocycles. The molecule has 0 atom stereocenters. The van der Waals surface area contributed by atoms with E-state index in [0.29, 0.717) is 18.3 Å². The highest BCUT2D eigenvalue weighted by molar-refractivity contribution is 7.09. The first-order chi connectivity index (χ1) is 10.2. The van der Waals surface area contributed by atoms with E-state index < -0.39 is 0 Å². The van der Waals surface area contributed by atoms with Crippen molar-refractivity contribution in [2.24, 2.45) is 28.8 Å². The van der Waals surface area contributed by atoms with E-state index in [1.807, 2.05) is 12.3 Å². The van der Waals surface area contributed by atoms with Gasteiger partial charge in [-0.15, -0.1) is 11.3 Å². The van der Waals surface area contributed by atoms with Crippen LogP contribution in [0.25, 0.3) is 0 Å². The maximum Gasteiger partial charge on any atom is 0.246 e. The predicted octanol–water partition coefficient (Wildman–Crippen LogP) is 2.92. The number of nitrogens with zero attached hydrogens (tertiary/aromatic N) is 2. The van der Waals surface area contributed by atoms with Gasteiger partial charge < -0.3 is 0 Å². The zero-order valence-corrected chi connectivity index (χ0v) is 13.2. The number of amides is 1. The van der Waals surface area contributed by atoms with E-state index in [9.17, 15) is 4.79 Å². The molecule has 5 heteroatoms. The van der Waals surface area contributed by atoms with Crippen molar-refractivity contribution in [1.29, 1.82) is 0 Å². The zero-order valence-electron chi connectivity index (χ0n) is 12.3. The smallest absolute Gasteiger partial charge is 0.246 e. The van der Waals surface area contributed by atoms with Gasteiger partial charge in [-0.1, -0.05) is 0 Å². The fourth-order valence-corrected chi connectivity index (χ4v) is 5.28. The molecule has 1 heterocycles. The molecule has 4 aliphatic rings. The number of hydrogen-bond acceptors (Lipinski definition) is 4. The fourth-order valence-electron chi connectivity index (χ4n) is 4.67. The Hall–Kier alpha value is -1.23. The zero-order chi connectivity index (χ0) is 14.4. The van der Waals surface area contributed by atoms with Gasteiger partial charge in [0.15, 0.2) is 0 Å². The summed E-state index contributed by atoms with van der Waals surface area (Å²) in [6, 6.07) is 0. The minimum absolute atomic E-state index is 0.0402. The van der Waals surface area contributed by atoms with Gasteiger partial charge in [-0.05, 0) is 62.7 Å². The first-order valence-corrected chi connectivity index (χ1v) is 8.82. The van der Waals surface area contributed by atoms with E-state index in [0.717, 1.165) is 22.5 Å². The lowest BCUT2D eigenvalue weighted by Gasteiger charge is -2.50. The minimum atomic E-state index is -0.0402. The number of carbonyl (C=O) groups excluding carboxylic acids is 1. The Morgan fingerprint density at radius 2 is 1.95 bits per heavy atom.